The van der Waals surface area contributed by atoms with Crippen LogP contribution >= 0.6 is 0 Å². The van der Waals surface area contributed by atoms with Gasteiger partial charge in [-0.3, -0.25) is 0 Å². The first-order valence-electron chi connectivity index (χ1n) is 6.66. The molecule has 4 nitrogen and oxygen atoms in total. The van der Waals surface area contributed by atoms with E-state index >= 15 is 0 Å². The average Bonchev–Trinajstić information content (AvgIpc) is 3.00. The molecule has 106 valence electrons. The Balaban J connectivity index is 1.84. The Morgan fingerprint density at radius 1 is 1.14 bits per heavy atom. The molecule has 0 saturated carbocycles. The van der Waals surface area contributed by atoms with Gasteiger partial charge in [-0.1, -0.05) is 36.4 Å². The summed E-state index contributed by atoms with van der Waals surface area (Å²) < 4.78 is 9.88. The van der Waals surface area contributed by atoms with Crippen LogP contribution in [0.1, 0.15) is 16.1 Å². The minimum atomic E-state index is -0.463. The van der Waals surface area contributed by atoms with Crippen molar-refractivity contribution < 1.29 is 13.9 Å². The second-order valence-corrected chi connectivity index (χ2v) is 4.65. The fourth-order valence-electron chi connectivity index (χ4n) is 2.32. The summed E-state index contributed by atoms with van der Waals surface area (Å²) in [6.07, 6.45) is 1.49. The first kappa shape index (κ1) is 13.2. The fraction of sp³-hybridized carbons (Fsp3) is 0.118. The van der Waals surface area contributed by atoms with E-state index in [0.717, 1.165) is 16.6 Å². The monoisotopic (exact) mass is 281 g/mol. The number of rotatable bonds is 4. The van der Waals surface area contributed by atoms with Crippen LogP contribution in [0.15, 0.2) is 59.2 Å². The number of esters is 1. The lowest BCUT2D eigenvalue weighted by molar-refractivity contribution is 0.0563. The lowest BCUT2D eigenvalue weighted by Crippen LogP contribution is -2.06. The predicted molar refractivity (Wildman–Crippen MR) is 81.3 cm³/mol. The fourth-order valence-corrected chi connectivity index (χ4v) is 2.32. The first-order chi connectivity index (χ1) is 10.3. The van der Waals surface area contributed by atoms with Gasteiger partial charge in [0.2, 0.25) is 5.76 Å². The van der Waals surface area contributed by atoms with Crippen LogP contribution in [0, 0.1) is 0 Å². The highest BCUT2D eigenvalue weighted by Crippen LogP contribution is 2.24. The molecule has 21 heavy (non-hydrogen) atoms. The van der Waals surface area contributed by atoms with Gasteiger partial charge in [0.05, 0.1) is 13.4 Å². The van der Waals surface area contributed by atoms with Crippen LogP contribution in [0.25, 0.3) is 10.8 Å². The molecule has 0 bridgehead atoms. The van der Waals surface area contributed by atoms with Crippen molar-refractivity contribution in [2.75, 3.05) is 12.4 Å². The Labute approximate surface area is 122 Å². The van der Waals surface area contributed by atoms with Gasteiger partial charge < -0.3 is 14.5 Å². The second kappa shape index (κ2) is 5.71. The lowest BCUT2D eigenvalue weighted by atomic mass is 10.1. The van der Waals surface area contributed by atoms with Gasteiger partial charge in [0.15, 0.2) is 0 Å². The zero-order valence-electron chi connectivity index (χ0n) is 11.6. The SMILES string of the molecule is COC(=O)c1occc1CNc1cccc2ccccc12. The molecule has 0 spiro atoms. The summed E-state index contributed by atoms with van der Waals surface area (Å²) in [5.74, 6) is -0.222. The molecule has 0 aliphatic carbocycles. The summed E-state index contributed by atoms with van der Waals surface area (Å²) in [6.45, 7) is 0.495. The Hall–Kier alpha value is -2.75. The third-order valence-corrected chi connectivity index (χ3v) is 3.38. The van der Waals surface area contributed by atoms with E-state index in [4.69, 9.17) is 9.15 Å². The molecule has 0 aliphatic heterocycles. The number of benzene rings is 2. The molecule has 4 heteroatoms. The van der Waals surface area contributed by atoms with Crippen LogP contribution in [-0.4, -0.2) is 13.1 Å². The minimum absolute atomic E-state index is 0.241. The molecule has 2 aromatic carbocycles. The van der Waals surface area contributed by atoms with E-state index in [1.807, 2.05) is 24.3 Å². The molecule has 0 aliphatic rings. The number of fused-ring (bicyclic) bond motifs is 1. The van der Waals surface area contributed by atoms with Crippen LogP contribution < -0.4 is 5.32 Å². The summed E-state index contributed by atoms with van der Waals surface area (Å²) in [7, 11) is 1.34. The molecular formula is C17H15NO3. The Bertz CT molecular complexity index is 771. The van der Waals surface area contributed by atoms with Gasteiger partial charge in [0, 0.05) is 23.2 Å². The van der Waals surface area contributed by atoms with Gasteiger partial charge in [0.1, 0.15) is 0 Å². The summed E-state index contributed by atoms with van der Waals surface area (Å²) >= 11 is 0. The van der Waals surface area contributed by atoms with Crippen LogP contribution in [0.2, 0.25) is 0 Å². The quantitative estimate of drug-likeness (QED) is 0.738. The first-order valence-corrected chi connectivity index (χ1v) is 6.66. The van der Waals surface area contributed by atoms with E-state index in [2.05, 4.69) is 23.5 Å². The number of anilines is 1. The second-order valence-electron chi connectivity index (χ2n) is 4.65. The predicted octanol–water partition coefficient (Wildman–Crippen LogP) is 3.83. The zero-order valence-corrected chi connectivity index (χ0v) is 11.6. The summed E-state index contributed by atoms with van der Waals surface area (Å²) in [5, 5.41) is 5.65. The van der Waals surface area contributed by atoms with Crippen LogP contribution in [0.3, 0.4) is 0 Å². The molecular weight excluding hydrogens is 266 g/mol. The van der Waals surface area contributed by atoms with Crippen molar-refractivity contribution in [2.45, 2.75) is 6.54 Å². The van der Waals surface area contributed by atoms with E-state index in [-0.39, 0.29) is 5.76 Å². The molecule has 1 heterocycles. The van der Waals surface area contributed by atoms with Crippen LogP contribution in [-0.2, 0) is 11.3 Å². The van der Waals surface area contributed by atoms with Crippen molar-refractivity contribution >= 4 is 22.4 Å². The molecule has 0 fully saturated rings. The smallest absolute Gasteiger partial charge is 0.374 e. The maximum Gasteiger partial charge on any atom is 0.374 e. The highest BCUT2D eigenvalue weighted by atomic mass is 16.5. The minimum Gasteiger partial charge on any atom is -0.463 e. The number of carbonyl (C=O) groups excluding carboxylic acids is 1. The highest BCUT2D eigenvalue weighted by Gasteiger charge is 2.15. The number of hydrogen-bond acceptors (Lipinski definition) is 4. The largest absolute Gasteiger partial charge is 0.463 e. The maximum absolute atomic E-state index is 11.6. The Morgan fingerprint density at radius 3 is 2.81 bits per heavy atom. The number of ether oxygens (including phenoxy) is 1. The van der Waals surface area contributed by atoms with E-state index in [1.165, 1.54) is 18.8 Å². The standard InChI is InChI=1S/C17H15NO3/c1-20-17(19)16-13(9-10-21-16)11-18-15-8-4-6-12-5-2-3-7-14(12)15/h2-10,18H,11H2,1H3. The molecule has 0 amide bonds. The van der Waals surface area contributed by atoms with E-state index in [9.17, 15) is 4.79 Å². The molecule has 1 aromatic heterocycles. The topological polar surface area (TPSA) is 51.5 Å². The normalized spacial score (nSPS) is 10.5. The zero-order chi connectivity index (χ0) is 14.7. The van der Waals surface area contributed by atoms with Crippen molar-refractivity contribution in [1.82, 2.24) is 0 Å². The van der Waals surface area contributed by atoms with Crippen molar-refractivity contribution in [3.8, 4) is 0 Å². The molecule has 0 unspecified atom stereocenters. The number of methoxy groups -OCH3 is 1. The third kappa shape index (κ3) is 2.60. The molecule has 0 atom stereocenters. The average molecular weight is 281 g/mol. The summed E-state index contributed by atoms with van der Waals surface area (Å²) in [6, 6.07) is 16.0. The van der Waals surface area contributed by atoms with E-state index < -0.39 is 5.97 Å². The number of furan rings is 1. The van der Waals surface area contributed by atoms with Gasteiger partial charge >= 0.3 is 5.97 Å². The summed E-state index contributed by atoms with van der Waals surface area (Å²) in [5.41, 5.74) is 1.79. The molecule has 3 rings (SSSR count). The molecule has 3 aromatic rings. The van der Waals surface area contributed by atoms with Gasteiger partial charge in [-0.15, -0.1) is 0 Å². The van der Waals surface area contributed by atoms with Crippen molar-refractivity contribution in [2.24, 2.45) is 0 Å². The van der Waals surface area contributed by atoms with E-state index in [0.29, 0.717) is 6.54 Å². The molecule has 1 N–H and O–H groups in total. The molecule has 0 saturated heterocycles. The highest BCUT2D eigenvalue weighted by molar-refractivity contribution is 5.94. The van der Waals surface area contributed by atoms with Crippen molar-refractivity contribution in [1.29, 1.82) is 0 Å². The van der Waals surface area contributed by atoms with Crippen molar-refractivity contribution in [3.05, 3.63) is 66.1 Å². The lowest BCUT2D eigenvalue weighted by Gasteiger charge is -2.09. The number of hydrogen-bond donors (Lipinski definition) is 1. The van der Waals surface area contributed by atoms with Crippen LogP contribution in [0.5, 0.6) is 0 Å². The van der Waals surface area contributed by atoms with Gasteiger partial charge in [-0.05, 0) is 17.5 Å². The maximum atomic E-state index is 11.6. The van der Waals surface area contributed by atoms with Crippen LogP contribution in [0.4, 0.5) is 5.69 Å². The number of carbonyl (C=O) groups is 1. The number of nitrogens with one attached hydrogen (secondary N) is 1. The van der Waals surface area contributed by atoms with Crippen molar-refractivity contribution in [3.63, 3.8) is 0 Å². The summed E-state index contributed by atoms with van der Waals surface area (Å²) in [4.78, 5) is 11.6. The Morgan fingerprint density at radius 2 is 1.95 bits per heavy atom. The van der Waals surface area contributed by atoms with Gasteiger partial charge in [-0.25, -0.2) is 4.79 Å². The van der Waals surface area contributed by atoms with E-state index in [1.54, 1.807) is 6.07 Å². The van der Waals surface area contributed by atoms with Gasteiger partial charge in [0.25, 0.3) is 0 Å². The van der Waals surface area contributed by atoms with Gasteiger partial charge in [-0.2, -0.15) is 0 Å². The third-order valence-electron chi connectivity index (χ3n) is 3.38. The molecule has 0 radical (unpaired) electrons. The Kier molecular flexibility index (Phi) is 3.60.